The maximum Gasteiger partial charge on any atom is 0.384 e. The summed E-state index contributed by atoms with van der Waals surface area (Å²) in [5, 5.41) is 3.30. The van der Waals surface area contributed by atoms with Crippen LogP contribution in [0.25, 0.3) is 0 Å². The Bertz CT molecular complexity index is 469. The van der Waals surface area contributed by atoms with Crippen LogP contribution in [0.1, 0.15) is 16.7 Å². The first-order valence-electron chi connectivity index (χ1n) is 5.22. The van der Waals surface area contributed by atoms with Crippen LogP contribution in [0.5, 0.6) is 0 Å². The predicted octanol–water partition coefficient (Wildman–Crippen LogP) is 0.857. The molecule has 0 saturated heterocycles. The topological polar surface area (TPSA) is 38.3 Å². The third-order valence-electron chi connectivity index (χ3n) is 2.62. The van der Waals surface area contributed by atoms with Gasteiger partial charge in [0.15, 0.2) is 0 Å². The molecule has 1 heterocycles. The fourth-order valence-electron chi connectivity index (χ4n) is 1.82. The van der Waals surface area contributed by atoms with Crippen molar-refractivity contribution in [1.82, 2.24) is 5.32 Å². The van der Waals surface area contributed by atoms with Crippen molar-refractivity contribution in [3.05, 3.63) is 34.9 Å². The third-order valence-corrected chi connectivity index (χ3v) is 2.62. The Balaban J connectivity index is 2.33. The first-order valence-corrected chi connectivity index (χ1v) is 5.22. The molecule has 0 bridgehead atoms. The average molecular weight is 215 g/mol. The molecule has 0 aliphatic carbocycles. The Labute approximate surface area is 94.8 Å². The molecule has 0 aromatic heterocycles. The summed E-state index contributed by atoms with van der Waals surface area (Å²) in [4.78, 5) is 10.9. The molecular formula is C13H13NO2. The second-order valence-corrected chi connectivity index (χ2v) is 3.61. The fourth-order valence-corrected chi connectivity index (χ4v) is 1.82. The molecule has 1 aliphatic rings. The Hall–Kier alpha value is -1.79. The lowest BCUT2D eigenvalue weighted by Crippen LogP contribution is -2.24. The van der Waals surface area contributed by atoms with Crippen LogP contribution in [0, 0.1) is 11.8 Å². The second-order valence-electron chi connectivity index (χ2n) is 3.61. The number of fused-ring (bicyclic) bond motifs is 1. The minimum atomic E-state index is -0.494. The predicted molar refractivity (Wildman–Crippen MR) is 60.7 cm³/mol. The molecule has 3 heteroatoms. The Morgan fingerprint density at radius 2 is 2.38 bits per heavy atom. The second kappa shape index (κ2) is 4.82. The normalized spacial score (nSPS) is 13.3. The van der Waals surface area contributed by atoms with E-state index >= 15 is 0 Å². The zero-order valence-electron chi connectivity index (χ0n) is 9.17. The van der Waals surface area contributed by atoms with Crippen molar-refractivity contribution in [2.24, 2.45) is 0 Å². The summed E-state index contributed by atoms with van der Waals surface area (Å²) < 4.78 is 4.49. The Morgan fingerprint density at radius 3 is 3.19 bits per heavy atom. The molecule has 82 valence electrons. The quantitative estimate of drug-likeness (QED) is 0.515. The average Bonchev–Trinajstić information content (AvgIpc) is 2.35. The number of carbonyl (C=O) groups is 1. The van der Waals surface area contributed by atoms with Gasteiger partial charge in [0.1, 0.15) is 0 Å². The molecule has 2 rings (SSSR count). The standard InChI is InChI=1S/C13H13NO2/c1-16-13(15)6-5-10-3-2-4-11-9-14-8-7-12(10)11/h2-4,14H,7-9H2,1H3. The van der Waals surface area contributed by atoms with Crippen molar-refractivity contribution in [2.75, 3.05) is 13.7 Å². The summed E-state index contributed by atoms with van der Waals surface area (Å²) in [6.07, 6.45) is 0.960. The summed E-state index contributed by atoms with van der Waals surface area (Å²) in [7, 11) is 1.33. The highest BCUT2D eigenvalue weighted by Crippen LogP contribution is 2.17. The zero-order valence-corrected chi connectivity index (χ0v) is 9.17. The van der Waals surface area contributed by atoms with Crippen LogP contribution < -0.4 is 5.32 Å². The van der Waals surface area contributed by atoms with E-state index in [-0.39, 0.29) is 0 Å². The molecule has 0 spiro atoms. The van der Waals surface area contributed by atoms with Gasteiger partial charge in [-0.2, -0.15) is 0 Å². The number of ether oxygens (including phenoxy) is 1. The molecule has 0 saturated carbocycles. The highest BCUT2D eigenvalue weighted by atomic mass is 16.5. The smallest absolute Gasteiger partial charge is 0.384 e. The molecule has 1 aliphatic heterocycles. The lowest BCUT2D eigenvalue weighted by molar-refractivity contribution is -0.133. The summed E-state index contributed by atoms with van der Waals surface area (Å²) in [5.41, 5.74) is 3.45. The SMILES string of the molecule is COC(=O)C#Cc1cccc2c1CCNC2. The van der Waals surface area contributed by atoms with E-state index in [9.17, 15) is 4.79 Å². The van der Waals surface area contributed by atoms with E-state index in [4.69, 9.17) is 0 Å². The number of methoxy groups -OCH3 is 1. The van der Waals surface area contributed by atoms with E-state index in [2.05, 4.69) is 28.0 Å². The summed E-state index contributed by atoms with van der Waals surface area (Å²) in [6.45, 7) is 1.84. The van der Waals surface area contributed by atoms with Gasteiger partial charge in [-0.1, -0.05) is 18.1 Å². The van der Waals surface area contributed by atoms with Gasteiger partial charge in [-0.05, 0) is 30.2 Å². The highest BCUT2D eigenvalue weighted by molar-refractivity contribution is 5.89. The van der Waals surface area contributed by atoms with Crippen LogP contribution >= 0.6 is 0 Å². The van der Waals surface area contributed by atoms with Gasteiger partial charge in [0.05, 0.1) is 7.11 Å². The first kappa shape index (κ1) is 10.7. The Morgan fingerprint density at radius 1 is 1.50 bits per heavy atom. The molecule has 0 radical (unpaired) electrons. The zero-order chi connectivity index (χ0) is 11.4. The molecule has 16 heavy (non-hydrogen) atoms. The minimum Gasteiger partial charge on any atom is -0.459 e. The van der Waals surface area contributed by atoms with Gasteiger partial charge in [0.2, 0.25) is 0 Å². The monoisotopic (exact) mass is 215 g/mol. The number of hydrogen-bond acceptors (Lipinski definition) is 3. The number of benzene rings is 1. The number of carbonyl (C=O) groups excluding carboxylic acids is 1. The van der Waals surface area contributed by atoms with Crippen molar-refractivity contribution < 1.29 is 9.53 Å². The maximum atomic E-state index is 10.9. The maximum absolute atomic E-state index is 10.9. The van der Waals surface area contributed by atoms with E-state index in [1.807, 2.05) is 12.1 Å². The van der Waals surface area contributed by atoms with E-state index in [1.54, 1.807) is 0 Å². The van der Waals surface area contributed by atoms with E-state index < -0.39 is 5.97 Å². The van der Waals surface area contributed by atoms with Gasteiger partial charge in [-0.3, -0.25) is 0 Å². The van der Waals surface area contributed by atoms with Gasteiger partial charge in [-0.15, -0.1) is 0 Å². The number of nitrogens with one attached hydrogen (secondary N) is 1. The molecular weight excluding hydrogens is 202 g/mol. The van der Waals surface area contributed by atoms with E-state index in [0.717, 1.165) is 25.1 Å². The number of esters is 1. The van der Waals surface area contributed by atoms with Gasteiger partial charge < -0.3 is 10.1 Å². The van der Waals surface area contributed by atoms with Gasteiger partial charge in [0.25, 0.3) is 0 Å². The molecule has 3 nitrogen and oxygen atoms in total. The largest absolute Gasteiger partial charge is 0.459 e. The van der Waals surface area contributed by atoms with Crippen LogP contribution in [0.3, 0.4) is 0 Å². The van der Waals surface area contributed by atoms with E-state index in [0.29, 0.717) is 0 Å². The van der Waals surface area contributed by atoms with Crippen LogP contribution in [0.4, 0.5) is 0 Å². The lowest BCUT2D eigenvalue weighted by Gasteiger charge is -2.17. The van der Waals surface area contributed by atoms with Crippen molar-refractivity contribution in [2.45, 2.75) is 13.0 Å². The molecule has 1 aromatic carbocycles. The van der Waals surface area contributed by atoms with E-state index in [1.165, 1.54) is 18.2 Å². The van der Waals surface area contributed by atoms with Crippen molar-refractivity contribution >= 4 is 5.97 Å². The van der Waals surface area contributed by atoms with Crippen molar-refractivity contribution in [3.63, 3.8) is 0 Å². The fraction of sp³-hybridized carbons (Fsp3) is 0.308. The van der Waals surface area contributed by atoms with Gasteiger partial charge in [-0.25, -0.2) is 4.79 Å². The summed E-state index contributed by atoms with van der Waals surface area (Å²) in [6, 6.07) is 6.00. The Kier molecular flexibility index (Phi) is 3.23. The first-order chi connectivity index (χ1) is 7.81. The number of hydrogen-bond donors (Lipinski definition) is 1. The van der Waals surface area contributed by atoms with Gasteiger partial charge in [0, 0.05) is 18.0 Å². The molecule has 0 unspecified atom stereocenters. The summed E-state index contributed by atoms with van der Waals surface area (Å²) in [5.74, 6) is 4.84. The lowest BCUT2D eigenvalue weighted by atomic mass is 9.96. The van der Waals surface area contributed by atoms with Crippen LogP contribution in [-0.2, 0) is 22.5 Å². The number of rotatable bonds is 0. The van der Waals surface area contributed by atoms with Crippen LogP contribution in [0.15, 0.2) is 18.2 Å². The molecule has 1 aromatic rings. The summed E-state index contributed by atoms with van der Waals surface area (Å²) >= 11 is 0. The molecule has 1 N–H and O–H groups in total. The molecule has 0 atom stereocenters. The third kappa shape index (κ3) is 2.23. The minimum absolute atomic E-state index is 0.494. The van der Waals surface area contributed by atoms with Crippen LogP contribution in [0.2, 0.25) is 0 Å². The molecule has 0 fully saturated rings. The van der Waals surface area contributed by atoms with Crippen molar-refractivity contribution in [3.8, 4) is 11.8 Å². The molecule has 0 amide bonds. The van der Waals surface area contributed by atoms with Gasteiger partial charge >= 0.3 is 5.97 Å². The van der Waals surface area contributed by atoms with Crippen molar-refractivity contribution in [1.29, 1.82) is 0 Å². The van der Waals surface area contributed by atoms with Crippen LogP contribution in [-0.4, -0.2) is 19.6 Å². The highest BCUT2D eigenvalue weighted by Gasteiger charge is 2.10.